The molecule has 3 aromatic rings. The van der Waals surface area contributed by atoms with Gasteiger partial charge in [0.05, 0.1) is 37.3 Å². The number of aryl methyl sites for hydroxylation is 1. The molecule has 6 rings (SSSR count). The van der Waals surface area contributed by atoms with Gasteiger partial charge in [0.25, 0.3) is 5.91 Å². The fourth-order valence-corrected chi connectivity index (χ4v) is 6.63. The number of rotatable bonds is 7. The van der Waals surface area contributed by atoms with Crippen LogP contribution in [0, 0.1) is 12.8 Å². The van der Waals surface area contributed by atoms with E-state index in [0.29, 0.717) is 43.5 Å². The van der Waals surface area contributed by atoms with Crippen LogP contribution in [0.25, 0.3) is 0 Å². The first-order chi connectivity index (χ1) is 19.9. The second-order valence-corrected chi connectivity index (χ2v) is 12.6. The summed E-state index contributed by atoms with van der Waals surface area (Å²) >= 11 is 0. The summed E-state index contributed by atoms with van der Waals surface area (Å²) in [5.74, 6) is -0.0367. The van der Waals surface area contributed by atoms with Gasteiger partial charge in [0.15, 0.2) is 0 Å². The van der Waals surface area contributed by atoms with Gasteiger partial charge in [-0.25, -0.2) is 0 Å². The number of alkyl halides is 3. The van der Waals surface area contributed by atoms with Crippen molar-refractivity contribution >= 4 is 11.6 Å². The van der Waals surface area contributed by atoms with Crippen LogP contribution in [0.15, 0.2) is 48.7 Å². The molecule has 3 aliphatic rings. The molecule has 1 unspecified atom stereocenters. The molecule has 0 saturated carbocycles. The Hall–Kier alpha value is -3.21. The molecule has 2 fully saturated rings. The van der Waals surface area contributed by atoms with Crippen molar-refractivity contribution in [1.82, 2.24) is 19.6 Å². The summed E-state index contributed by atoms with van der Waals surface area (Å²) in [6, 6.07) is 12.7. The van der Waals surface area contributed by atoms with Crippen LogP contribution in [-0.4, -0.2) is 71.4 Å². The van der Waals surface area contributed by atoms with Gasteiger partial charge >= 0.3 is 6.18 Å². The molecule has 7 nitrogen and oxygen atoms in total. The zero-order valence-corrected chi connectivity index (χ0v) is 24.6. The number of aromatic nitrogens is 2. The Morgan fingerprint density at radius 2 is 1.90 bits per heavy atom. The lowest BCUT2D eigenvalue weighted by Crippen LogP contribution is -2.53. The van der Waals surface area contributed by atoms with E-state index in [4.69, 9.17) is 4.74 Å². The average Bonchev–Trinajstić information content (AvgIpc) is 3.48. The molecule has 42 heavy (non-hydrogen) atoms. The smallest absolute Gasteiger partial charge is 0.379 e. The van der Waals surface area contributed by atoms with Gasteiger partial charge in [0.1, 0.15) is 0 Å². The fraction of sp³-hybridized carbons (Fsp3) is 0.500. The largest absolute Gasteiger partial charge is 0.416 e. The summed E-state index contributed by atoms with van der Waals surface area (Å²) in [5.41, 5.74) is 2.30. The zero-order chi connectivity index (χ0) is 29.8. The van der Waals surface area contributed by atoms with Crippen LogP contribution in [0.1, 0.15) is 52.2 Å². The lowest BCUT2D eigenvalue weighted by atomic mass is 9.78. The fourth-order valence-electron chi connectivity index (χ4n) is 6.63. The van der Waals surface area contributed by atoms with Crippen molar-refractivity contribution in [3.8, 4) is 0 Å². The number of benzene rings is 2. The van der Waals surface area contributed by atoms with Crippen LogP contribution in [0.4, 0.5) is 18.9 Å². The van der Waals surface area contributed by atoms with Crippen molar-refractivity contribution < 1.29 is 22.7 Å². The number of nitrogens with zero attached hydrogens (tertiary/aromatic N) is 5. The van der Waals surface area contributed by atoms with Gasteiger partial charge in [0.2, 0.25) is 0 Å². The van der Waals surface area contributed by atoms with Gasteiger partial charge in [0, 0.05) is 55.4 Å². The summed E-state index contributed by atoms with van der Waals surface area (Å²) in [5, 5.41) is 4.43. The van der Waals surface area contributed by atoms with Crippen LogP contribution in [0.3, 0.4) is 0 Å². The molecular weight excluding hydrogens is 543 g/mol. The van der Waals surface area contributed by atoms with Gasteiger partial charge < -0.3 is 14.5 Å². The molecule has 2 aromatic carbocycles. The highest BCUT2D eigenvalue weighted by molar-refractivity contribution is 6.10. The predicted octanol–water partition coefficient (Wildman–Crippen LogP) is 5.11. The minimum absolute atomic E-state index is 0.0503. The lowest BCUT2D eigenvalue weighted by molar-refractivity contribution is -0.138. The molecule has 0 spiro atoms. The highest BCUT2D eigenvalue weighted by atomic mass is 19.4. The average molecular weight is 582 g/mol. The molecular formula is C32H38F3N5O2. The Morgan fingerprint density at radius 1 is 1.12 bits per heavy atom. The predicted molar refractivity (Wildman–Crippen MR) is 154 cm³/mol. The number of anilines is 1. The Labute approximate surface area is 244 Å². The molecule has 224 valence electrons. The summed E-state index contributed by atoms with van der Waals surface area (Å²) < 4.78 is 50.8. The van der Waals surface area contributed by atoms with Gasteiger partial charge in [-0.05, 0) is 66.9 Å². The van der Waals surface area contributed by atoms with Crippen molar-refractivity contribution in [2.24, 2.45) is 5.92 Å². The number of amides is 1. The molecule has 0 aliphatic carbocycles. The summed E-state index contributed by atoms with van der Waals surface area (Å²) in [6.45, 7) is 10.7. The second-order valence-electron chi connectivity index (χ2n) is 12.6. The van der Waals surface area contributed by atoms with E-state index in [1.807, 2.05) is 35.9 Å². The molecule has 0 radical (unpaired) electrons. The first-order valence-electron chi connectivity index (χ1n) is 14.6. The Bertz CT molecular complexity index is 1480. The number of fused-ring (bicyclic) bond motifs is 1. The maximum atomic E-state index is 14.4. The van der Waals surface area contributed by atoms with E-state index in [-0.39, 0.29) is 29.1 Å². The summed E-state index contributed by atoms with van der Waals surface area (Å²) in [6.07, 6.45) is -2.80. The van der Waals surface area contributed by atoms with E-state index in [2.05, 4.69) is 35.8 Å². The number of carbonyl (C=O) groups excluding carboxylic acids is 1. The monoisotopic (exact) mass is 581 g/mol. The zero-order valence-electron chi connectivity index (χ0n) is 24.6. The van der Waals surface area contributed by atoms with Gasteiger partial charge in [-0.15, -0.1) is 0 Å². The number of likely N-dealkylation sites (N-methyl/N-ethyl adjacent to an activating group) is 1. The van der Waals surface area contributed by atoms with Crippen molar-refractivity contribution in [2.45, 2.75) is 58.0 Å². The number of carbonyl (C=O) groups is 1. The number of piperazine rings is 1. The SMILES string of the molecule is Cc1ccnn1CC1(c2cccc(N3Cc4c(cc(CN5CCN(C)CC5C(C)C)cc4C(F)(F)F)C3=O)c2)COC1. The maximum absolute atomic E-state index is 14.4. The normalized spacial score (nSPS) is 21.2. The van der Waals surface area contributed by atoms with E-state index < -0.39 is 17.6 Å². The lowest BCUT2D eigenvalue weighted by Gasteiger charge is -2.42. The number of hydrogen-bond acceptors (Lipinski definition) is 5. The number of halogens is 3. The molecule has 0 N–H and O–H groups in total. The molecule has 0 bridgehead atoms. The van der Waals surface area contributed by atoms with Gasteiger partial charge in [-0.1, -0.05) is 26.0 Å². The molecule has 10 heteroatoms. The molecule has 3 aliphatic heterocycles. The van der Waals surface area contributed by atoms with E-state index in [0.717, 1.165) is 30.9 Å². The molecule has 4 heterocycles. The van der Waals surface area contributed by atoms with Crippen LogP contribution in [-0.2, 0) is 36.0 Å². The third-order valence-corrected chi connectivity index (χ3v) is 9.21. The van der Waals surface area contributed by atoms with Crippen molar-refractivity contribution in [3.05, 3.63) is 82.2 Å². The van der Waals surface area contributed by atoms with Gasteiger partial charge in [-0.2, -0.15) is 18.3 Å². The molecule has 1 aromatic heterocycles. The Kier molecular flexibility index (Phi) is 7.43. The minimum atomic E-state index is -4.56. The topological polar surface area (TPSA) is 53.8 Å². The van der Waals surface area contributed by atoms with Crippen LogP contribution in [0.5, 0.6) is 0 Å². The Morgan fingerprint density at radius 3 is 2.55 bits per heavy atom. The second kappa shape index (κ2) is 10.8. The van der Waals surface area contributed by atoms with Crippen LogP contribution in [0.2, 0.25) is 0 Å². The minimum Gasteiger partial charge on any atom is -0.379 e. The maximum Gasteiger partial charge on any atom is 0.416 e. The van der Waals surface area contributed by atoms with Crippen molar-refractivity contribution in [2.75, 3.05) is 44.8 Å². The molecule has 1 atom stereocenters. The molecule has 2 saturated heterocycles. The molecule has 1 amide bonds. The first kappa shape index (κ1) is 28.9. The number of hydrogen-bond donors (Lipinski definition) is 0. The highest BCUT2D eigenvalue weighted by Gasteiger charge is 2.43. The van der Waals surface area contributed by atoms with E-state index in [9.17, 15) is 18.0 Å². The van der Waals surface area contributed by atoms with Crippen LogP contribution < -0.4 is 4.90 Å². The Balaban J connectivity index is 1.31. The van der Waals surface area contributed by atoms with Crippen LogP contribution >= 0.6 is 0 Å². The third-order valence-electron chi connectivity index (χ3n) is 9.21. The number of ether oxygens (including phenoxy) is 1. The highest BCUT2D eigenvalue weighted by Crippen LogP contribution is 2.41. The van der Waals surface area contributed by atoms with Crippen molar-refractivity contribution in [1.29, 1.82) is 0 Å². The summed E-state index contributed by atoms with van der Waals surface area (Å²) in [7, 11) is 2.07. The van der Waals surface area contributed by atoms with E-state index in [1.165, 1.54) is 11.0 Å². The van der Waals surface area contributed by atoms with Gasteiger partial charge in [-0.3, -0.25) is 14.4 Å². The summed E-state index contributed by atoms with van der Waals surface area (Å²) in [4.78, 5) is 19.8. The third kappa shape index (κ3) is 5.24. The quantitative estimate of drug-likeness (QED) is 0.388. The first-order valence-corrected chi connectivity index (χ1v) is 14.6. The van der Waals surface area contributed by atoms with E-state index >= 15 is 0 Å². The van der Waals surface area contributed by atoms with Crippen molar-refractivity contribution in [3.63, 3.8) is 0 Å². The van der Waals surface area contributed by atoms with E-state index in [1.54, 1.807) is 18.3 Å². The standard InChI is InChI=1S/C32H38F3N5O2/c1-21(2)29-17-37(4)10-11-38(29)15-23-12-26-27(28(13-23)32(33,34)35)16-39(30(26)41)25-7-5-6-24(14-25)31(19-42-20-31)18-40-22(3)8-9-36-40/h5-9,12-14,21,29H,10-11,15-20H2,1-4H3.